The normalized spacial score (nSPS) is 14.6. The number of imidazole rings is 1. The lowest BCUT2D eigenvalue weighted by Crippen LogP contribution is -2.46. The number of piperazine rings is 1. The molecule has 0 aliphatic carbocycles. The van der Waals surface area contributed by atoms with E-state index in [1.807, 2.05) is 30.2 Å². The van der Waals surface area contributed by atoms with E-state index in [9.17, 15) is 13.2 Å². The number of hydrogen-bond donors (Lipinski definition) is 1. The van der Waals surface area contributed by atoms with E-state index in [1.165, 1.54) is 12.1 Å². The fraction of sp³-hybridized carbons (Fsp3) is 0.370. The highest BCUT2D eigenvalue weighted by Crippen LogP contribution is 2.31. The summed E-state index contributed by atoms with van der Waals surface area (Å²) >= 11 is 0. The molecule has 1 fully saturated rings. The van der Waals surface area contributed by atoms with Crippen molar-refractivity contribution in [2.24, 2.45) is 0 Å². The smallest absolute Gasteiger partial charge is 0.227 e. The van der Waals surface area contributed by atoms with Gasteiger partial charge >= 0.3 is 0 Å². The number of anilines is 3. The minimum absolute atomic E-state index is 0.0421. The SMILES string of the molecule is CCN1CCN(c2ccc(Nc3ncc(F)c(-c4cc(F)c5nc(C)n(C(C)C)c5c4)n3)cc2F)CC1. The third kappa shape index (κ3) is 4.85. The van der Waals surface area contributed by atoms with E-state index in [4.69, 9.17) is 0 Å². The molecular weight excluding hydrogens is 479 g/mol. The molecule has 1 aliphatic rings. The maximum atomic E-state index is 15.0. The highest BCUT2D eigenvalue weighted by molar-refractivity contribution is 5.83. The molecule has 1 saturated heterocycles. The van der Waals surface area contributed by atoms with Crippen LogP contribution in [0.1, 0.15) is 32.6 Å². The molecule has 5 rings (SSSR count). The van der Waals surface area contributed by atoms with Gasteiger partial charge in [-0.15, -0.1) is 0 Å². The van der Waals surface area contributed by atoms with Crippen molar-refractivity contribution < 1.29 is 13.2 Å². The summed E-state index contributed by atoms with van der Waals surface area (Å²) in [6.07, 6.45) is 1.02. The van der Waals surface area contributed by atoms with Gasteiger partial charge in [0.15, 0.2) is 11.6 Å². The number of benzene rings is 2. The first-order valence-corrected chi connectivity index (χ1v) is 12.5. The first-order chi connectivity index (χ1) is 17.7. The Bertz CT molecular complexity index is 1440. The summed E-state index contributed by atoms with van der Waals surface area (Å²) in [6, 6.07) is 7.79. The molecule has 4 aromatic rings. The number of rotatable bonds is 6. The number of fused-ring (bicyclic) bond motifs is 1. The van der Waals surface area contributed by atoms with Crippen molar-refractivity contribution in [3.8, 4) is 11.3 Å². The van der Waals surface area contributed by atoms with E-state index in [-0.39, 0.29) is 34.6 Å². The van der Waals surface area contributed by atoms with Crippen molar-refractivity contribution in [1.82, 2.24) is 24.4 Å². The fourth-order valence-electron chi connectivity index (χ4n) is 4.96. The minimum atomic E-state index is -0.690. The van der Waals surface area contributed by atoms with Gasteiger partial charge in [-0.05, 0) is 57.6 Å². The molecule has 0 bridgehead atoms. The Balaban J connectivity index is 1.42. The largest absolute Gasteiger partial charge is 0.367 e. The fourth-order valence-corrected chi connectivity index (χ4v) is 4.96. The van der Waals surface area contributed by atoms with Crippen molar-refractivity contribution in [3.63, 3.8) is 0 Å². The summed E-state index contributed by atoms with van der Waals surface area (Å²) < 4.78 is 46.6. The van der Waals surface area contributed by atoms with Crippen LogP contribution in [0.25, 0.3) is 22.3 Å². The van der Waals surface area contributed by atoms with Gasteiger partial charge in [0.2, 0.25) is 5.95 Å². The van der Waals surface area contributed by atoms with E-state index < -0.39 is 11.6 Å². The Hall–Kier alpha value is -3.66. The first-order valence-electron chi connectivity index (χ1n) is 12.5. The average Bonchev–Trinajstić information content (AvgIpc) is 3.22. The van der Waals surface area contributed by atoms with Crippen LogP contribution in [0.2, 0.25) is 0 Å². The second-order valence-corrected chi connectivity index (χ2v) is 9.55. The van der Waals surface area contributed by atoms with Gasteiger partial charge in [-0.25, -0.2) is 28.1 Å². The highest BCUT2D eigenvalue weighted by atomic mass is 19.1. The van der Waals surface area contributed by atoms with Crippen molar-refractivity contribution in [2.45, 2.75) is 33.7 Å². The Kier molecular flexibility index (Phi) is 6.76. The van der Waals surface area contributed by atoms with E-state index in [2.05, 4.69) is 32.1 Å². The summed E-state index contributed by atoms with van der Waals surface area (Å²) in [5.74, 6) is -0.857. The number of halogens is 3. The molecule has 7 nitrogen and oxygen atoms in total. The Morgan fingerprint density at radius 3 is 2.38 bits per heavy atom. The lowest BCUT2D eigenvalue weighted by molar-refractivity contribution is 0.270. The zero-order chi connectivity index (χ0) is 26.3. The number of aryl methyl sites for hydroxylation is 1. The van der Waals surface area contributed by atoms with Gasteiger partial charge < -0.3 is 19.7 Å². The zero-order valence-corrected chi connectivity index (χ0v) is 21.4. The predicted molar refractivity (Wildman–Crippen MR) is 140 cm³/mol. The quantitative estimate of drug-likeness (QED) is 0.361. The van der Waals surface area contributed by atoms with Crippen molar-refractivity contribution >= 4 is 28.4 Å². The first kappa shape index (κ1) is 25.0. The van der Waals surface area contributed by atoms with Crippen LogP contribution >= 0.6 is 0 Å². The molecule has 0 amide bonds. The summed E-state index contributed by atoms with van der Waals surface area (Å²) in [5, 5.41) is 2.95. The number of aromatic nitrogens is 4. The van der Waals surface area contributed by atoms with E-state index >= 15 is 0 Å². The molecule has 37 heavy (non-hydrogen) atoms. The van der Waals surface area contributed by atoms with Crippen LogP contribution in [0.5, 0.6) is 0 Å². The Morgan fingerprint density at radius 1 is 0.946 bits per heavy atom. The van der Waals surface area contributed by atoms with Gasteiger partial charge in [0, 0.05) is 43.5 Å². The van der Waals surface area contributed by atoms with Crippen molar-refractivity contribution in [3.05, 3.63) is 59.8 Å². The number of nitrogens with one attached hydrogen (secondary N) is 1. The van der Waals surface area contributed by atoms with Crippen LogP contribution in [0.3, 0.4) is 0 Å². The third-order valence-electron chi connectivity index (χ3n) is 6.82. The molecule has 194 valence electrons. The Morgan fingerprint density at radius 2 is 1.70 bits per heavy atom. The van der Waals surface area contributed by atoms with E-state index in [0.717, 1.165) is 38.9 Å². The molecule has 1 N–H and O–H groups in total. The predicted octanol–water partition coefficient (Wildman–Crippen LogP) is 5.69. The number of hydrogen-bond acceptors (Lipinski definition) is 6. The topological polar surface area (TPSA) is 62.1 Å². The van der Waals surface area contributed by atoms with Gasteiger partial charge in [0.1, 0.15) is 22.9 Å². The van der Waals surface area contributed by atoms with E-state index in [1.54, 1.807) is 18.2 Å². The summed E-state index contributed by atoms with van der Waals surface area (Å²) in [6.45, 7) is 12.2. The van der Waals surface area contributed by atoms with Crippen LogP contribution in [-0.4, -0.2) is 57.1 Å². The molecule has 2 aromatic carbocycles. The molecule has 0 saturated carbocycles. The standard InChI is InChI=1S/C27H30F3N7/c1-5-35-8-10-36(11-9-35)23-7-6-19(14-20(23)28)33-27-31-15-22(30)25(34-27)18-12-21(29)26-24(13-18)37(16(2)3)17(4)32-26/h6-7,12-16H,5,8-11H2,1-4H3,(H,31,33,34). The minimum Gasteiger partial charge on any atom is -0.367 e. The molecule has 2 aromatic heterocycles. The zero-order valence-electron chi connectivity index (χ0n) is 21.4. The highest BCUT2D eigenvalue weighted by Gasteiger charge is 2.20. The van der Waals surface area contributed by atoms with Crippen molar-refractivity contribution in [2.75, 3.05) is 42.9 Å². The van der Waals surface area contributed by atoms with Gasteiger partial charge in [0.05, 0.1) is 17.4 Å². The van der Waals surface area contributed by atoms with Crippen LogP contribution in [-0.2, 0) is 0 Å². The molecule has 0 unspecified atom stereocenters. The van der Waals surface area contributed by atoms with Gasteiger partial charge in [-0.1, -0.05) is 6.92 Å². The number of likely N-dealkylation sites (N-methyl/N-ethyl adjacent to an activating group) is 1. The maximum absolute atomic E-state index is 15.0. The maximum Gasteiger partial charge on any atom is 0.227 e. The third-order valence-corrected chi connectivity index (χ3v) is 6.82. The van der Waals surface area contributed by atoms with Crippen molar-refractivity contribution in [1.29, 1.82) is 0 Å². The van der Waals surface area contributed by atoms with E-state index in [0.29, 0.717) is 22.7 Å². The summed E-state index contributed by atoms with van der Waals surface area (Å²) in [4.78, 5) is 17.0. The summed E-state index contributed by atoms with van der Waals surface area (Å²) in [5.41, 5.74) is 1.98. The molecular formula is C27H30F3N7. The Labute approximate surface area is 214 Å². The van der Waals surface area contributed by atoms with Gasteiger partial charge in [-0.3, -0.25) is 0 Å². The monoisotopic (exact) mass is 509 g/mol. The van der Waals surface area contributed by atoms with Crippen LogP contribution in [0.15, 0.2) is 36.5 Å². The lowest BCUT2D eigenvalue weighted by atomic mass is 10.1. The van der Waals surface area contributed by atoms with Crippen LogP contribution < -0.4 is 10.2 Å². The number of nitrogens with zero attached hydrogens (tertiary/aromatic N) is 6. The molecule has 10 heteroatoms. The molecule has 0 spiro atoms. The molecule has 3 heterocycles. The van der Waals surface area contributed by atoms with Gasteiger partial charge in [0.25, 0.3) is 0 Å². The second-order valence-electron chi connectivity index (χ2n) is 9.55. The molecule has 0 atom stereocenters. The second kappa shape index (κ2) is 10.0. The van der Waals surface area contributed by atoms with Crippen LogP contribution in [0, 0.1) is 24.4 Å². The van der Waals surface area contributed by atoms with Crippen LogP contribution in [0.4, 0.5) is 30.5 Å². The summed E-state index contributed by atoms with van der Waals surface area (Å²) in [7, 11) is 0. The van der Waals surface area contributed by atoms with Gasteiger partial charge in [-0.2, -0.15) is 0 Å². The molecule has 1 aliphatic heterocycles. The average molecular weight is 510 g/mol. The molecule has 0 radical (unpaired) electrons. The lowest BCUT2D eigenvalue weighted by Gasteiger charge is -2.35.